The number of rotatable bonds is 7. The second-order valence-electron chi connectivity index (χ2n) is 6.00. The van der Waals surface area contributed by atoms with E-state index < -0.39 is 0 Å². The number of nitrogens with one attached hydrogen (secondary N) is 2. The fraction of sp³-hybridized carbons (Fsp3) is 0.368. The number of hydrogen-bond acceptors (Lipinski definition) is 3. The molecule has 2 aromatic rings. The number of aromatic nitrogens is 1. The molecule has 122 valence electrons. The number of aryl methyl sites for hydroxylation is 1. The molecule has 4 heteroatoms. The van der Waals surface area contributed by atoms with Crippen LogP contribution >= 0.6 is 0 Å². The Kier molecular flexibility index (Phi) is 6.15. The van der Waals surface area contributed by atoms with Gasteiger partial charge in [-0.2, -0.15) is 0 Å². The van der Waals surface area contributed by atoms with Gasteiger partial charge in [-0.05, 0) is 42.5 Å². The fourth-order valence-electron chi connectivity index (χ4n) is 2.31. The third-order valence-corrected chi connectivity index (χ3v) is 3.69. The molecule has 4 nitrogen and oxygen atoms in total. The zero-order chi connectivity index (χ0) is 16.7. The summed E-state index contributed by atoms with van der Waals surface area (Å²) >= 11 is 0. The molecule has 1 amide bonds. The van der Waals surface area contributed by atoms with Crippen LogP contribution in [0.1, 0.15) is 43.1 Å². The minimum absolute atomic E-state index is 0.0557. The molecule has 0 saturated heterocycles. The molecule has 0 aliphatic carbocycles. The maximum Gasteiger partial charge on any atom is 0.251 e. The largest absolute Gasteiger partial charge is 0.352 e. The average Bonchev–Trinajstić information content (AvgIpc) is 2.55. The highest BCUT2D eigenvalue weighted by Crippen LogP contribution is 2.20. The number of pyridine rings is 1. The molecule has 0 atom stereocenters. The fourth-order valence-corrected chi connectivity index (χ4v) is 2.31. The van der Waals surface area contributed by atoms with Crippen molar-refractivity contribution in [3.05, 3.63) is 53.7 Å². The molecule has 0 saturated carbocycles. The Morgan fingerprint density at radius 1 is 1.22 bits per heavy atom. The van der Waals surface area contributed by atoms with E-state index in [9.17, 15) is 4.79 Å². The predicted octanol–water partition coefficient (Wildman–Crippen LogP) is 4.16. The number of amides is 1. The van der Waals surface area contributed by atoms with Crippen molar-refractivity contribution in [1.82, 2.24) is 10.3 Å². The zero-order valence-corrected chi connectivity index (χ0v) is 14.1. The van der Waals surface area contributed by atoms with Crippen LogP contribution in [0.25, 0.3) is 0 Å². The molecule has 0 radical (unpaired) electrons. The summed E-state index contributed by atoms with van der Waals surface area (Å²) in [6.45, 7) is 7.10. The van der Waals surface area contributed by atoms with Gasteiger partial charge in [-0.3, -0.25) is 4.79 Å². The number of benzene rings is 1. The van der Waals surface area contributed by atoms with Crippen molar-refractivity contribution in [1.29, 1.82) is 0 Å². The van der Waals surface area contributed by atoms with Crippen molar-refractivity contribution in [3.63, 3.8) is 0 Å². The van der Waals surface area contributed by atoms with Crippen LogP contribution < -0.4 is 10.6 Å². The van der Waals surface area contributed by atoms with Gasteiger partial charge in [-0.15, -0.1) is 0 Å². The Hall–Kier alpha value is -2.36. The van der Waals surface area contributed by atoms with Gasteiger partial charge in [-0.1, -0.05) is 39.0 Å². The van der Waals surface area contributed by atoms with Crippen LogP contribution in [0.3, 0.4) is 0 Å². The second-order valence-corrected chi connectivity index (χ2v) is 6.00. The molecule has 0 bridgehead atoms. The highest BCUT2D eigenvalue weighted by atomic mass is 16.1. The van der Waals surface area contributed by atoms with Crippen LogP contribution in [0.5, 0.6) is 0 Å². The lowest BCUT2D eigenvalue weighted by Gasteiger charge is -2.11. The third-order valence-electron chi connectivity index (χ3n) is 3.69. The van der Waals surface area contributed by atoms with Gasteiger partial charge in [-0.25, -0.2) is 4.98 Å². The first-order valence-corrected chi connectivity index (χ1v) is 8.19. The van der Waals surface area contributed by atoms with Crippen LogP contribution in [0.2, 0.25) is 0 Å². The standard InChI is InChI=1S/C19H25N3O/c1-4-15-7-5-6-8-17(15)22-18-13-16(10-12-20-18)19(23)21-11-9-14(2)3/h5-8,10,12-14H,4,9,11H2,1-3H3,(H,20,22)(H,21,23). The highest BCUT2D eigenvalue weighted by molar-refractivity contribution is 5.94. The third kappa shape index (κ3) is 5.09. The van der Waals surface area contributed by atoms with Gasteiger partial charge in [0.1, 0.15) is 5.82 Å². The van der Waals surface area contributed by atoms with Gasteiger partial charge in [0.25, 0.3) is 5.91 Å². The van der Waals surface area contributed by atoms with Gasteiger partial charge in [0.05, 0.1) is 0 Å². The smallest absolute Gasteiger partial charge is 0.251 e. The molecule has 0 unspecified atom stereocenters. The number of hydrogen-bond donors (Lipinski definition) is 2. The van der Waals surface area contributed by atoms with Crippen molar-refractivity contribution < 1.29 is 4.79 Å². The molecule has 0 spiro atoms. The second kappa shape index (κ2) is 8.32. The maximum absolute atomic E-state index is 12.2. The number of anilines is 2. The lowest BCUT2D eigenvalue weighted by atomic mass is 10.1. The van der Waals surface area contributed by atoms with Gasteiger partial charge in [0.2, 0.25) is 0 Å². The van der Waals surface area contributed by atoms with Crippen molar-refractivity contribution >= 4 is 17.4 Å². The topological polar surface area (TPSA) is 54.0 Å². The van der Waals surface area contributed by atoms with Crippen molar-refractivity contribution in [2.24, 2.45) is 5.92 Å². The summed E-state index contributed by atoms with van der Waals surface area (Å²) in [5.41, 5.74) is 2.88. The summed E-state index contributed by atoms with van der Waals surface area (Å²) in [5.74, 6) is 1.21. The molecule has 1 aromatic carbocycles. The van der Waals surface area contributed by atoms with E-state index in [0.29, 0.717) is 23.8 Å². The number of carbonyl (C=O) groups is 1. The van der Waals surface area contributed by atoms with Crippen molar-refractivity contribution in [3.8, 4) is 0 Å². The normalized spacial score (nSPS) is 10.6. The minimum atomic E-state index is -0.0557. The lowest BCUT2D eigenvalue weighted by Crippen LogP contribution is -2.25. The van der Waals surface area contributed by atoms with E-state index in [-0.39, 0.29) is 5.91 Å². The lowest BCUT2D eigenvalue weighted by molar-refractivity contribution is 0.0952. The van der Waals surface area contributed by atoms with E-state index in [1.165, 1.54) is 5.56 Å². The summed E-state index contributed by atoms with van der Waals surface area (Å²) in [5, 5.41) is 6.25. The first kappa shape index (κ1) is 17.0. The molecule has 1 aromatic heterocycles. The monoisotopic (exact) mass is 311 g/mol. The highest BCUT2D eigenvalue weighted by Gasteiger charge is 2.08. The molecule has 2 rings (SSSR count). The number of nitrogens with zero attached hydrogens (tertiary/aromatic N) is 1. The number of para-hydroxylation sites is 1. The van der Waals surface area contributed by atoms with E-state index >= 15 is 0 Å². The van der Waals surface area contributed by atoms with E-state index in [2.05, 4.69) is 42.5 Å². The van der Waals surface area contributed by atoms with Crippen LogP contribution in [0, 0.1) is 5.92 Å². The Bertz CT molecular complexity index is 653. The first-order valence-electron chi connectivity index (χ1n) is 8.19. The van der Waals surface area contributed by atoms with Gasteiger partial charge in [0.15, 0.2) is 0 Å². The average molecular weight is 311 g/mol. The Morgan fingerprint density at radius 3 is 2.74 bits per heavy atom. The van der Waals surface area contributed by atoms with Gasteiger partial charge >= 0.3 is 0 Å². The van der Waals surface area contributed by atoms with Crippen LogP contribution in [-0.4, -0.2) is 17.4 Å². The van der Waals surface area contributed by atoms with E-state index in [0.717, 1.165) is 18.5 Å². The van der Waals surface area contributed by atoms with Crippen LogP contribution in [0.15, 0.2) is 42.6 Å². The molecular weight excluding hydrogens is 286 g/mol. The van der Waals surface area contributed by atoms with Crippen molar-refractivity contribution in [2.45, 2.75) is 33.6 Å². The van der Waals surface area contributed by atoms with Gasteiger partial charge < -0.3 is 10.6 Å². The SMILES string of the molecule is CCc1ccccc1Nc1cc(C(=O)NCCC(C)C)ccn1. The zero-order valence-electron chi connectivity index (χ0n) is 14.1. The summed E-state index contributed by atoms with van der Waals surface area (Å²) in [6, 6.07) is 11.7. The van der Waals surface area contributed by atoms with Crippen LogP contribution in [-0.2, 0) is 6.42 Å². The van der Waals surface area contributed by atoms with Crippen molar-refractivity contribution in [2.75, 3.05) is 11.9 Å². The molecule has 1 heterocycles. The van der Waals surface area contributed by atoms with Gasteiger partial charge in [0, 0.05) is 24.0 Å². The summed E-state index contributed by atoms with van der Waals surface area (Å²) < 4.78 is 0. The minimum Gasteiger partial charge on any atom is -0.352 e. The summed E-state index contributed by atoms with van der Waals surface area (Å²) in [4.78, 5) is 16.5. The van der Waals surface area contributed by atoms with E-state index in [1.807, 2.05) is 18.2 Å². The Labute approximate surface area is 138 Å². The van der Waals surface area contributed by atoms with E-state index in [1.54, 1.807) is 18.3 Å². The molecule has 0 aliphatic rings. The molecule has 0 fully saturated rings. The maximum atomic E-state index is 12.2. The molecule has 2 N–H and O–H groups in total. The molecular formula is C19H25N3O. The molecule has 23 heavy (non-hydrogen) atoms. The summed E-state index contributed by atoms with van der Waals surface area (Å²) in [6.07, 6.45) is 3.58. The molecule has 0 aliphatic heterocycles. The first-order chi connectivity index (χ1) is 11.1. The summed E-state index contributed by atoms with van der Waals surface area (Å²) in [7, 11) is 0. The Morgan fingerprint density at radius 2 is 2.00 bits per heavy atom. The Balaban J connectivity index is 2.06. The number of carbonyl (C=O) groups excluding carboxylic acids is 1. The predicted molar refractivity (Wildman–Crippen MR) is 95.1 cm³/mol. The van der Waals surface area contributed by atoms with Crippen LogP contribution in [0.4, 0.5) is 11.5 Å². The van der Waals surface area contributed by atoms with E-state index in [4.69, 9.17) is 0 Å². The quantitative estimate of drug-likeness (QED) is 0.807.